The monoisotopic (exact) mass is 265 g/mol. The molecule has 18 heavy (non-hydrogen) atoms. The Balaban J connectivity index is 1.51. The van der Waals surface area contributed by atoms with Crippen LogP contribution in [0.25, 0.3) is 0 Å². The van der Waals surface area contributed by atoms with Crippen LogP contribution in [0, 0.1) is 0 Å². The van der Waals surface area contributed by atoms with Gasteiger partial charge in [0.15, 0.2) is 5.79 Å². The lowest BCUT2D eigenvalue weighted by molar-refractivity contribution is -0.159. The maximum Gasteiger partial charge on any atom is 0.168 e. The quantitative estimate of drug-likeness (QED) is 0.674. The minimum Gasteiger partial charge on any atom is -0.399 e. The molecule has 0 radical (unpaired) electrons. The molecule has 0 aromatic heterocycles. The maximum atomic E-state index is 6.09. The summed E-state index contributed by atoms with van der Waals surface area (Å²) < 4.78 is 12.0. The predicted octanol–water partition coefficient (Wildman–Crippen LogP) is 3.05. The zero-order valence-electron chi connectivity index (χ0n) is 10.4. The third kappa shape index (κ3) is 2.66. The van der Waals surface area contributed by atoms with Gasteiger partial charge in [-0.3, -0.25) is 0 Å². The van der Waals surface area contributed by atoms with Crippen LogP contribution in [-0.2, 0) is 9.47 Å². The molecule has 0 bridgehead atoms. The summed E-state index contributed by atoms with van der Waals surface area (Å²) in [5.41, 5.74) is 6.48. The van der Waals surface area contributed by atoms with Gasteiger partial charge in [0, 0.05) is 29.2 Å². The molecule has 0 amide bonds. The molecule has 1 saturated carbocycles. The van der Waals surface area contributed by atoms with E-state index in [1.807, 2.05) is 23.9 Å². The summed E-state index contributed by atoms with van der Waals surface area (Å²) in [6.45, 7) is 0.738. The van der Waals surface area contributed by atoms with Crippen molar-refractivity contribution in [2.45, 2.75) is 42.5 Å². The van der Waals surface area contributed by atoms with Crippen molar-refractivity contribution in [2.24, 2.45) is 0 Å². The highest BCUT2D eigenvalue weighted by atomic mass is 32.2. The number of thioether (sulfide) groups is 1. The molecule has 2 fully saturated rings. The first kappa shape index (κ1) is 12.3. The second-order valence-electron chi connectivity index (χ2n) is 5.05. The highest BCUT2D eigenvalue weighted by molar-refractivity contribution is 7.99. The van der Waals surface area contributed by atoms with Crippen LogP contribution >= 0.6 is 11.8 Å². The number of nitrogens with two attached hydrogens (primary N) is 1. The second kappa shape index (κ2) is 5.11. The molecule has 3 nitrogen and oxygen atoms in total. The van der Waals surface area contributed by atoms with E-state index in [9.17, 15) is 0 Å². The summed E-state index contributed by atoms with van der Waals surface area (Å²) >= 11 is 1.81. The number of rotatable bonds is 3. The largest absolute Gasteiger partial charge is 0.399 e. The Morgan fingerprint density at radius 3 is 2.67 bits per heavy atom. The zero-order chi connectivity index (χ0) is 12.4. The van der Waals surface area contributed by atoms with Crippen LogP contribution in [0.2, 0.25) is 0 Å². The molecule has 1 heterocycles. The van der Waals surface area contributed by atoms with Crippen molar-refractivity contribution in [3.05, 3.63) is 24.3 Å². The Morgan fingerprint density at radius 2 is 1.94 bits per heavy atom. The fourth-order valence-electron chi connectivity index (χ4n) is 2.63. The van der Waals surface area contributed by atoms with E-state index in [1.165, 1.54) is 17.7 Å². The molecule has 1 aliphatic carbocycles. The van der Waals surface area contributed by atoms with E-state index >= 15 is 0 Å². The second-order valence-corrected chi connectivity index (χ2v) is 6.14. The fraction of sp³-hybridized carbons (Fsp3) is 0.571. The topological polar surface area (TPSA) is 44.5 Å². The molecule has 98 valence electrons. The van der Waals surface area contributed by atoms with E-state index in [4.69, 9.17) is 15.2 Å². The third-order valence-electron chi connectivity index (χ3n) is 3.60. The van der Waals surface area contributed by atoms with Crippen molar-refractivity contribution in [1.29, 1.82) is 0 Å². The number of nitrogen functional groups attached to an aromatic ring is 1. The summed E-state index contributed by atoms with van der Waals surface area (Å²) in [7, 11) is 0. The SMILES string of the molecule is Nc1ccc(SCC2COC3(CCCC3)O2)cc1. The number of hydrogen-bond donors (Lipinski definition) is 1. The van der Waals surface area contributed by atoms with Gasteiger partial charge in [-0.2, -0.15) is 0 Å². The summed E-state index contributed by atoms with van der Waals surface area (Å²) in [6.07, 6.45) is 4.83. The molecule has 4 heteroatoms. The average molecular weight is 265 g/mol. The predicted molar refractivity (Wildman–Crippen MR) is 73.6 cm³/mol. The molecule has 1 atom stereocenters. The number of hydrogen-bond acceptors (Lipinski definition) is 4. The van der Waals surface area contributed by atoms with Crippen molar-refractivity contribution in [3.63, 3.8) is 0 Å². The van der Waals surface area contributed by atoms with Crippen molar-refractivity contribution in [2.75, 3.05) is 18.1 Å². The van der Waals surface area contributed by atoms with Gasteiger partial charge in [0.1, 0.15) is 0 Å². The summed E-state index contributed by atoms with van der Waals surface area (Å²) in [5.74, 6) is 0.720. The average Bonchev–Trinajstić information content (AvgIpc) is 3.00. The Labute approximate surface area is 112 Å². The zero-order valence-corrected chi connectivity index (χ0v) is 11.2. The molecule has 1 saturated heterocycles. The Kier molecular flexibility index (Phi) is 3.50. The van der Waals surface area contributed by atoms with Gasteiger partial charge in [-0.15, -0.1) is 11.8 Å². The molecule has 1 spiro atoms. The van der Waals surface area contributed by atoms with E-state index in [0.29, 0.717) is 0 Å². The van der Waals surface area contributed by atoms with Crippen molar-refractivity contribution in [3.8, 4) is 0 Å². The lowest BCUT2D eigenvalue weighted by Crippen LogP contribution is -2.27. The standard InChI is InChI=1S/C14H19NO2S/c15-11-3-5-13(6-4-11)18-10-12-9-16-14(17-12)7-1-2-8-14/h3-6,12H,1-2,7-10,15H2. The molecule has 2 N–H and O–H groups in total. The Morgan fingerprint density at radius 1 is 1.22 bits per heavy atom. The van der Waals surface area contributed by atoms with E-state index in [0.717, 1.165) is 30.9 Å². The molecule has 1 aromatic rings. The fourth-order valence-corrected chi connectivity index (χ4v) is 3.50. The summed E-state index contributed by atoms with van der Waals surface area (Å²) in [6, 6.07) is 7.99. The smallest absolute Gasteiger partial charge is 0.168 e. The van der Waals surface area contributed by atoms with Crippen LogP contribution in [0.1, 0.15) is 25.7 Å². The van der Waals surface area contributed by atoms with Gasteiger partial charge in [0.2, 0.25) is 0 Å². The minimum atomic E-state index is -0.230. The van der Waals surface area contributed by atoms with Gasteiger partial charge in [0.05, 0.1) is 12.7 Å². The van der Waals surface area contributed by atoms with E-state index in [-0.39, 0.29) is 11.9 Å². The summed E-state index contributed by atoms with van der Waals surface area (Å²) in [4.78, 5) is 1.24. The van der Waals surface area contributed by atoms with Crippen LogP contribution in [0.3, 0.4) is 0 Å². The van der Waals surface area contributed by atoms with Gasteiger partial charge in [0.25, 0.3) is 0 Å². The van der Waals surface area contributed by atoms with Crippen molar-refractivity contribution < 1.29 is 9.47 Å². The van der Waals surface area contributed by atoms with Crippen molar-refractivity contribution >= 4 is 17.4 Å². The van der Waals surface area contributed by atoms with Crippen LogP contribution in [-0.4, -0.2) is 24.3 Å². The lowest BCUT2D eigenvalue weighted by atomic mass is 10.2. The normalized spacial score (nSPS) is 25.9. The summed E-state index contributed by atoms with van der Waals surface area (Å²) in [5, 5.41) is 0. The van der Waals surface area contributed by atoms with Crippen LogP contribution in [0.5, 0.6) is 0 Å². The molecule has 1 aromatic carbocycles. The number of anilines is 1. The molecule has 2 aliphatic rings. The molecular weight excluding hydrogens is 246 g/mol. The van der Waals surface area contributed by atoms with Crippen LogP contribution in [0.4, 0.5) is 5.69 Å². The van der Waals surface area contributed by atoms with Gasteiger partial charge >= 0.3 is 0 Å². The van der Waals surface area contributed by atoms with E-state index < -0.39 is 0 Å². The first-order valence-corrected chi connectivity index (χ1v) is 7.54. The first-order chi connectivity index (χ1) is 8.76. The number of ether oxygens (including phenoxy) is 2. The molecular formula is C14H19NO2S. The van der Waals surface area contributed by atoms with Gasteiger partial charge < -0.3 is 15.2 Å². The maximum absolute atomic E-state index is 6.09. The molecule has 1 aliphatic heterocycles. The van der Waals surface area contributed by atoms with Gasteiger partial charge in [-0.25, -0.2) is 0 Å². The van der Waals surface area contributed by atoms with Gasteiger partial charge in [-0.05, 0) is 37.1 Å². The number of benzene rings is 1. The van der Waals surface area contributed by atoms with Crippen LogP contribution in [0.15, 0.2) is 29.2 Å². The van der Waals surface area contributed by atoms with E-state index in [1.54, 1.807) is 0 Å². The Bertz CT molecular complexity index is 401. The highest BCUT2D eigenvalue weighted by Gasteiger charge is 2.43. The third-order valence-corrected chi connectivity index (χ3v) is 4.74. The highest BCUT2D eigenvalue weighted by Crippen LogP contribution is 2.40. The van der Waals surface area contributed by atoms with Gasteiger partial charge in [-0.1, -0.05) is 0 Å². The molecule has 1 unspecified atom stereocenters. The molecule has 3 rings (SSSR count). The van der Waals surface area contributed by atoms with E-state index in [2.05, 4.69) is 12.1 Å². The first-order valence-electron chi connectivity index (χ1n) is 6.56. The lowest BCUT2D eigenvalue weighted by Gasteiger charge is -2.21. The van der Waals surface area contributed by atoms with Crippen molar-refractivity contribution in [1.82, 2.24) is 0 Å². The van der Waals surface area contributed by atoms with Crippen LogP contribution < -0.4 is 5.73 Å². The minimum absolute atomic E-state index is 0.227. The Hall–Kier alpha value is -0.710.